The molecule has 1 fully saturated rings. The number of nitrogens with zero attached hydrogens (tertiary/aromatic N) is 3. The molecule has 0 spiro atoms. The van der Waals surface area contributed by atoms with Crippen molar-refractivity contribution in [1.29, 1.82) is 0 Å². The lowest BCUT2D eigenvalue weighted by atomic mass is 10.2. The van der Waals surface area contributed by atoms with E-state index in [9.17, 15) is 4.79 Å². The maximum atomic E-state index is 12.3. The summed E-state index contributed by atoms with van der Waals surface area (Å²) in [6.45, 7) is 3.62. The SMILES string of the molecule is CC(C(=O)N1CCCCCC1)n1ccc(N)n1. The normalized spacial score (nSPS) is 18.8. The molecule has 0 radical (unpaired) electrons. The molecule has 1 unspecified atom stereocenters. The highest BCUT2D eigenvalue weighted by atomic mass is 16.2. The number of rotatable bonds is 2. The molecule has 17 heavy (non-hydrogen) atoms. The maximum Gasteiger partial charge on any atom is 0.247 e. The standard InChI is InChI=1S/C12H20N4O/c1-10(16-9-6-11(13)14-16)12(17)15-7-4-2-3-5-8-15/h6,9-10H,2-5,7-8H2,1H3,(H2,13,14). The van der Waals surface area contributed by atoms with Gasteiger partial charge in [0.2, 0.25) is 5.91 Å². The predicted octanol–water partition coefficient (Wildman–Crippen LogP) is 1.43. The van der Waals surface area contributed by atoms with Crippen LogP contribution in [0.3, 0.4) is 0 Å². The minimum atomic E-state index is -0.259. The number of carbonyl (C=O) groups excluding carboxylic acids is 1. The summed E-state index contributed by atoms with van der Waals surface area (Å²) in [5.41, 5.74) is 5.56. The van der Waals surface area contributed by atoms with Crippen LogP contribution in [0.5, 0.6) is 0 Å². The van der Waals surface area contributed by atoms with Gasteiger partial charge in [0.05, 0.1) is 0 Å². The van der Waals surface area contributed by atoms with Gasteiger partial charge in [0.15, 0.2) is 0 Å². The van der Waals surface area contributed by atoms with Crippen molar-refractivity contribution in [3.8, 4) is 0 Å². The molecule has 1 aromatic heterocycles. The highest BCUT2D eigenvalue weighted by Gasteiger charge is 2.22. The smallest absolute Gasteiger partial charge is 0.247 e. The Bertz CT molecular complexity index is 380. The van der Waals surface area contributed by atoms with Crippen molar-refractivity contribution in [2.45, 2.75) is 38.6 Å². The van der Waals surface area contributed by atoms with E-state index in [1.807, 2.05) is 11.8 Å². The number of nitrogens with two attached hydrogens (primary N) is 1. The number of carbonyl (C=O) groups is 1. The van der Waals surface area contributed by atoms with E-state index in [1.165, 1.54) is 12.8 Å². The highest BCUT2D eigenvalue weighted by molar-refractivity contribution is 5.80. The Kier molecular flexibility index (Phi) is 3.66. The van der Waals surface area contributed by atoms with Crippen LogP contribution in [0.4, 0.5) is 5.82 Å². The maximum absolute atomic E-state index is 12.3. The van der Waals surface area contributed by atoms with Gasteiger partial charge < -0.3 is 10.6 Å². The van der Waals surface area contributed by atoms with Crippen LogP contribution in [0.2, 0.25) is 0 Å². The van der Waals surface area contributed by atoms with Crippen LogP contribution in [0.25, 0.3) is 0 Å². The molecule has 1 atom stereocenters. The first-order valence-electron chi connectivity index (χ1n) is 6.28. The second-order valence-corrected chi connectivity index (χ2v) is 4.64. The summed E-state index contributed by atoms with van der Waals surface area (Å²) in [5, 5.41) is 4.10. The van der Waals surface area contributed by atoms with Gasteiger partial charge in [-0.15, -0.1) is 0 Å². The van der Waals surface area contributed by atoms with Gasteiger partial charge in [0, 0.05) is 19.3 Å². The van der Waals surface area contributed by atoms with Crippen molar-refractivity contribution >= 4 is 11.7 Å². The monoisotopic (exact) mass is 236 g/mol. The van der Waals surface area contributed by atoms with Gasteiger partial charge in [-0.05, 0) is 25.8 Å². The summed E-state index contributed by atoms with van der Waals surface area (Å²) in [7, 11) is 0. The van der Waals surface area contributed by atoms with Crippen LogP contribution in [0.15, 0.2) is 12.3 Å². The molecule has 2 rings (SSSR count). The van der Waals surface area contributed by atoms with Gasteiger partial charge in [-0.3, -0.25) is 9.48 Å². The molecular weight excluding hydrogens is 216 g/mol. The summed E-state index contributed by atoms with van der Waals surface area (Å²) in [4.78, 5) is 14.2. The van der Waals surface area contributed by atoms with Gasteiger partial charge in [0.1, 0.15) is 11.9 Å². The number of anilines is 1. The molecule has 2 heterocycles. The van der Waals surface area contributed by atoms with Crippen LogP contribution in [-0.2, 0) is 4.79 Å². The third kappa shape index (κ3) is 2.78. The van der Waals surface area contributed by atoms with Crippen molar-refractivity contribution in [2.75, 3.05) is 18.8 Å². The fraction of sp³-hybridized carbons (Fsp3) is 0.667. The Hall–Kier alpha value is -1.52. The number of hydrogen-bond acceptors (Lipinski definition) is 3. The van der Waals surface area contributed by atoms with E-state index in [0.717, 1.165) is 25.9 Å². The van der Waals surface area contributed by atoms with Gasteiger partial charge in [-0.25, -0.2) is 0 Å². The van der Waals surface area contributed by atoms with E-state index in [1.54, 1.807) is 16.9 Å². The fourth-order valence-corrected chi connectivity index (χ4v) is 2.24. The fourth-order valence-electron chi connectivity index (χ4n) is 2.24. The van der Waals surface area contributed by atoms with Crippen molar-refractivity contribution in [3.63, 3.8) is 0 Å². The van der Waals surface area contributed by atoms with Gasteiger partial charge in [-0.1, -0.05) is 12.8 Å². The van der Waals surface area contributed by atoms with Crippen LogP contribution in [0.1, 0.15) is 38.6 Å². The molecule has 94 valence electrons. The second kappa shape index (κ2) is 5.21. The Morgan fingerprint density at radius 3 is 2.53 bits per heavy atom. The van der Waals surface area contributed by atoms with Crippen molar-refractivity contribution in [2.24, 2.45) is 0 Å². The third-order valence-electron chi connectivity index (χ3n) is 3.30. The van der Waals surface area contributed by atoms with Gasteiger partial charge in [-0.2, -0.15) is 5.10 Å². The molecule has 0 aliphatic carbocycles. The van der Waals surface area contributed by atoms with E-state index in [4.69, 9.17) is 5.73 Å². The molecule has 0 saturated carbocycles. The Balaban J connectivity index is 2.03. The number of aromatic nitrogens is 2. The van der Waals surface area contributed by atoms with E-state index in [0.29, 0.717) is 5.82 Å². The number of amides is 1. The molecule has 0 aromatic carbocycles. The van der Waals surface area contributed by atoms with Crippen molar-refractivity contribution < 1.29 is 4.79 Å². The molecular formula is C12H20N4O. The van der Waals surface area contributed by atoms with Crippen molar-refractivity contribution in [1.82, 2.24) is 14.7 Å². The Morgan fingerprint density at radius 1 is 1.35 bits per heavy atom. The summed E-state index contributed by atoms with van der Waals surface area (Å²) < 4.78 is 1.64. The lowest BCUT2D eigenvalue weighted by Crippen LogP contribution is -2.37. The van der Waals surface area contributed by atoms with Crippen LogP contribution in [0, 0.1) is 0 Å². The molecule has 2 N–H and O–H groups in total. The average Bonchev–Trinajstić information content (AvgIpc) is 2.60. The molecule has 1 amide bonds. The summed E-state index contributed by atoms with van der Waals surface area (Å²) >= 11 is 0. The first-order valence-corrected chi connectivity index (χ1v) is 6.28. The number of hydrogen-bond donors (Lipinski definition) is 1. The summed E-state index contributed by atoms with van der Waals surface area (Å²) in [6.07, 6.45) is 6.44. The third-order valence-corrected chi connectivity index (χ3v) is 3.30. The van der Waals surface area contributed by atoms with E-state index < -0.39 is 0 Å². The minimum Gasteiger partial charge on any atom is -0.382 e. The molecule has 5 heteroatoms. The zero-order valence-corrected chi connectivity index (χ0v) is 10.3. The van der Waals surface area contributed by atoms with Gasteiger partial charge >= 0.3 is 0 Å². The van der Waals surface area contributed by atoms with E-state index in [2.05, 4.69) is 5.10 Å². The molecule has 1 saturated heterocycles. The van der Waals surface area contributed by atoms with Crippen LogP contribution in [-0.4, -0.2) is 33.7 Å². The summed E-state index contributed by atoms with van der Waals surface area (Å²) in [6, 6.07) is 1.46. The minimum absolute atomic E-state index is 0.148. The summed E-state index contributed by atoms with van der Waals surface area (Å²) in [5.74, 6) is 0.607. The lowest BCUT2D eigenvalue weighted by Gasteiger charge is -2.24. The second-order valence-electron chi connectivity index (χ2n) is 4.64. The average molecular weight is 236 g/mol. The molecule has 1 aliphatic rings. The lowest BCUT2D eigenvalue weighted by molar-refractivity contribution is -0.134. The molecule has 5 nitrogen and oxygen atoms in total. The molecule has 1 aliphatic heterocycles. The zero-order chi connectivity index (χ0) is 12.3. The van der Waals surface area contributed by atoms with E-state index in [-0.39, 0.29) is 11.9 Å². The van der Waals surface area contributed by atoms with Crippen molar-refractivity contribution in [3.05, 3.63) is 12.3 Å². The first kappa shape index (κ1) is 12.0. The van der Waals surface area contributed by atoms with Crippen LogP contribution < -0.4 is 5.73 Å². The highest BCUT2D eigenvalue weighted by Crippen LogP contribution is 2.15. The molecule has 0 bridgehead atoms. The Labute approximate surface area is 102 Å². The first-order chi connectivity index (χ1) is 8.18. The van der Waals surface area contributed by atoms with Crippen LogP contribution >= 0.6 is 0 Å². The quantitative estimate of drug-likeness (QED) is 0.844. The predicted molar refractivity (Wildman–Crippen MR) is 66.4 cm³/mol. The largest absolute Gasteiger partial charge is 0.382 e. The van der Waals surface area contributed by atoms with Gasteiger partial charge in [0.25, 0.3) is 0 Å². The number of likely N-dealkylation sites (tertiary alicyclic amines) is 1. The van der Waals surface area contributed by atoms with E-state index >= 15 is 0 Å². The Morgan fingerprint density at radius 2 is 2.00 bits per heavy atom. The zero-order valence-electron chi connectivity index (χ0n) is 10.3. The molecule has 1 aromatic rings. The number of nitrogen functional groups attached to an aromatic ring is 1. The topological polar surface area (TPSA) is 64.2 Å².